The maximum atomic E-state index is 13.5. The van der Waals surface area contributed by atoms with Crippen molar-refractivity contribution in [2.75, 3.05) is 7.11 Å². The van der Waals surface area contributed by atoms with Crippen molar-refractivity contribution in [1.82, 2.24) is 4.57 Å². The highest BCUT2D eigenvalue weighted by Crippen LogP contribution is 2.31. The quantitative estimate of drug-likeness (QED) is 0.562. The Morgan fingerprint density at radius 2 is 1.81 bits per heavy atom. The number of fused-ring (bicyclic) bond motifs is 1. The molecule has 0 bridgehead atoms. The highest BCUT2D eigenvalue weighted by molar-refractivity contribution is 7.07. The summed E-state index contributed by atoms with van der Waals surface area (Å²) in [7, 11) is 1.59. The summed E-state index contributed by atoms with van der Waals surface area (Å²) in [5.41, 5.74) is 2.42. The highest BCUT2D eigenvalue weighted by Gasteiger charge is 2.33. The standard InChI is InChI=1S/C25H24N2O4S/c1-15(2)31-24(29)21-16(3)26-25-27(22(21)18-10-12-19(30-4)13-11-18)23(28)20(32-25)14-17-8-6-5-7-9-17/h5-15,22H,1-4H3/b20-14-. The lowest BCUT2D eigenvalue weighted by Gasteiger charge is -2.25. The molecule has 0 radical (unpaired) electrons. The third-order valence-electron chi connectivity index (χ3n) is 5.11. The summed E-state index contributed by atoms with van der Waals surface area (Å²) in [5.74, 6) is 0.219. The molecule has 1 aromatic heterocycles. The third-order valence-corrected chi connectivity index (χ3v) is 6.10. The number of nitrogens with zero attached hydrogens (tertiary/aromatic N) is 2. The number of hydrogen-bond acceptors (Lipinski definition) is 6. The van der Waals surface area contributed by atoms with Gasteiger partial charge in [-0.1, -0.05) is 53.8 Å². The van der Waals surface area contributed by atoms with E-state index in [1.54, 1.807) is 32.4 Å². The van der Waals surface area contributed by atoms with Gasteiger partial charge in [0.2, 0.25) is 0 Å². The van der Waals surface area contributed by atoms with E-state index in [9.17, 15) is 9.59 Å². The van der Waals surface area contributed by atoms with E-state index in [1.807, 2.05) is 60.7 Å². The smallest absolute Gasteiger partial charge is 0.338 e. The van der Waals surface area contributed by atoms with Crippen molar-refractivity contribution in [3.05, 3.63) is 96.7 Å². The molecular formula is C25H24N2O4S. The van der Waals surface area contributed by atoms with Gasteiger partial charge in [0.15, 0.2) is 4.80 Å². The van der Waals surface area contributed by atoms with Crippen LogP contribution in [0.1, 0.15) is 37.9 Å². The van der Waals surface area contributed by atoms with Crippen LogP contribution < -0.4 is 19.6 Å². The van der Waals surface area contributed by atoms with E-state index in [4.69, 9.17) is 9.47 Å². The molecule has 4 rings (SSSR count). The zero-order valence-electron chi connectivity index (χ0n) is 18.4. The van der Waals surface area contributed by atoms with Gasteiger partial charge < -0.3 is 9.47 Å². The van der Waals surface area contributed by atoms with E-state index in [0.717, 1.165) is 11.1 Å². The second kappa shape index (κ2) is 8.96. The Hall–Kier alpha value is -3.45. The zero-order chi connectivity index (χ0) is 22.8. The van der Waals surface area contributed by atoms with E-state index in [1.165, 1.54) is 11.3 Å². The Bertz CT molecular complexity index is 1350. The average molecular weight is 449 g/mol. The number of esters is 1. The molecule has 0 saturated heterocycles. The van der Waals surface area contributed by atoms with Crippen molar-refractivity contribution >= 4 is 23.4 Å². The van der Waals surface area contributed by atoms with Crippen LogP contribution in [0, 0.1) is 0 Å². The summed E-state index contributed by atoms with van der Waals surface area (Å²) < 4.78 is 12.9. The minimum atomic E-state index is -0.638. The van der Waals surface area contributed by atoms with Gasteiger partial charge in [-0.05, 0) is 50.1 Å². The number of allylic oxidation sites excluding steroid dienone is 1. The summed E-state index contributed by atoms with van der Waals surface area (Å²) in [6.45, 7) is 5.37. The van der Waals surface area contributed by atoms with Gasteiger partial charge in [-0.25, -0.2) is 9.79 Å². The summed E-state index contributed by atoms with van der Waals surface area (Å²) in [4.78, 5) is 31.7. The Balaban J connectivity index is 1.94. The van der Waals surface area contributed by atoms with Crippen LogP contribution >= 0.6 is 11.3 Å². The minimum Gasteiger partial charge on any atom is -0.497 e. The molecule has 0 spiro atoms. The second-order valence-electron chi connectivity index (χ2n) is 7.72. The predicted molar refractivity (Wildman–Crippen MR) is 124 cm³/mol. The number of rotatable bonds is 5. The first-order chi connectivity index (χ1) is 15.4. The lowest BCUT2D eigenvalue weighted by atomic mass is 9.96. The average Bonchev–Trinajstić information content (AvgIpc) is 3.07. The minimum absolute atomic E-state index is 0.194. The molecule has 3 aromatic rings. The van der Waals surface area contributed by atoms with E-state index < -0.39 is 12.0 Å². The van der Waals surface area contributed by atoms with Crippen molar-refractivity contribution in [1.29, 1.82) is 0 Å². The first-order valence-electron chi connectivity index (χ1n) is 10.3. The third kappa shape index (κ3) is 4.16. The number of carbonyl (C=O) groups excluding carboxylic acids is 1. The molecule has 0 aliphatic carbocycles. The Kier molecular flexibility index (Phi) is 6.10. The first kappa shape index (κ1) is 21.8. The summed E-state index contributed by atoms with van der Waals surface area (Å²) >= 11 is 1.31. The second-order valence-corrected chi connectivity index (χ2v) is 8.73. The molecule has 1 unspecified atom stereocenters. The SMILES string of the molecule is COc1ccc(C2C(C(=O)OC(C)C)=C(C)N=c3s/c(=C\c4ccccc4)c(=O)n32)cc1. The maximum Gasteiger partial charge on any atom is 0.338 e. The largest absolute Gasteiger partial charge is 0.497 e. The molecule has 0 saturated carbocycles. The van der Waals surface area contributed by atoms with Crippen LogP contribution in [-0.4, -0.2) is 23.8 Å². The molecule has 1 aliphatic heterocycles. The first-order valence-corrected chi connectivity index (χ1v) is 11.1. The topological polar surface area (TPSA) is 69.9 Å². The van der Waals surface area contributed by atoms with Gasteiger partial charge in [0.1, 0.15) is 5.75 Å². The van der Waals surface area contributed by atoms with Crippen molar-refractivity contribution in [3.8, 4) is 5.75 Å². The van der Waals surface area contributed by atoms with E-state index in [-0.39, 0.29) is 11.7 Å². The van der Waals surface area contributed by atoms with Crippen LogP contribution in [0.3, 0.4) is 0 Å². The zero-order valence-corrected chi connectivity index (χ0v) is 19.2. The van der Waals surface area contributed by atoms with Gasteiger partial charge in [0.05, 0.1) is 35.1 Å². The summed E-state index contributed by atoms with van der Waals surface area (Å²) in [6, 6.07) is 16.4. The van der Waals surface area contributed by atoms with Crippen LogP contribution in [0.5, 0.6) is 5.75 Å². The molecule has 1 aliphatic rings. The number of hydrogen-bond donors (Lipinski definition) is 0. The van der Waals surface area contributed by atoms with Gasteiger partial charge in [0.25, 0.3) is 5.56 Å². The monoisotopic (exact) mass is 448 g/mol. The highest BCUT2D eigenvalue weighted by atomic mass is 32.1. The number of benzene rings is 2. The van der Waals surface area contributed by atoms with E-state index >= 15 is 0 Å². The molecule has 1 atom stereocenters. The Labute approximate surface area is 189 Å². The predicted octanol–water partition coefficient (Wildman–Crippen LogP) is 3.20. The van der Waals surface area contributed by atoms with Crippen LogP contribution in [0.2, 0.25) is 0 Å². The molecule has 0 amide bonds. The molecule has 2 aromatic carbocycles. The fourth-order valence-corrected chi connectivity index (χ4v) is 4.71. The Morgan fingerprint density at radius 1 is 1.12 bits per heavy atom. The molecule has 7 heteroatoms. The molecular weight excluding hydrogens is 424 g/mol. The number of carbonyl (C=O) groups is 1. The normalized spacial score (nSPS) is 16.0. The number of methoxy groups -OCH3 is 1. The van der Waals surface area contributed by atoms with Crippen LogP contribution in [0.15, 0.2) is 75.7 Å². The Morgan fingerprint density at radius 3 is 2.44 bits per heavy atom. The van der Waals surface area contributed by atoms with Gasteiger partial charge in [0, 0.05) is 0 Å². The molecule has 0 N–H and O–H groups in total. The van der Waals surface area contributed by atoms with Gasteiger partial charge in [-0.2, -0.15) is 0 Å². The van der Waals surface area contributed by atoms with Crippen molar-refractivity contribution in [2.24, 2.45) is 4.99 Å². The van der Waals surface area contributed by atoms with Crippen molar-refractivity contribution in [2.45, 2.75) is 32.9 Å². The van der Waals surface area contributed by atoms with Crippen LogP contribution in [0.4, 0.5) is 0 Å². The fourth-order valence-electron chi connectivity index (χ4n) is 3.66. The van der Waals surface area contributed by atoms with Gasteiger partial charge in [-0.3, -0.25) is 9.36 Å². The van der Waals surface area contributed by atoms with Crippen molar-refractivity contribution < 1.29 is 14.3 Å². The van der Waals surface area contributed by atoms with E-state index in [0.29, 0.717) is 26.4 Å². The molecule has 2 heterocycles. The van der Waals surface area contributed by atoms with Gasteiger partial charge in [-0.15, -0.1) is 0 Å². The molecule has 32 heavy (non-hydrogen) atoms. The lowest BCUT2D eigenvalue weighted by Crippen LogP contribution is -2.40. The number of thiazole rings is 1. The molecule has 6 nitrogen and oxygen atoms in total. The number of aromatic nitrogens is 1. The molecule has 164 valence electrons. The number of ether oxygens (including phenoxy) is 2. The fraction of sp³-hybridized carbons (Fsp3) is 0.240. The van der Waals surface area contributed by atoms with Crippen LogP contribution in [-0.2, 0) is 9.53 Å². The van der Waals surface area contributed by atoms with Crippen LogP contribution in [0.25, 0.3) is 6.08 Å². The maximum absolute atomic E-state index is 13.5. The van der Waals surface area contributed by atoms with Gasteiger partial charge >= 0.3 is 5.97 Å². The molecule has 0 fully saturated rings. The van der Waals surface area contributed by atoms with E-state index in [2.05, 4.69) is 4.99 Å². The summed E-state index contributed by atoms with van der Waals surface area (Å²) in [6.07, 6.45) is 1.56. The lowest BCUT2D eigenvalue weighted by molar-refractivity contribution is -0.143. The summed E-state index contributed by atoms with van der Waals surface area (Å²) in [5, 5.41) is 0. The van der Waals surface area contributed by atoms with Crippen molar-refractivity contribution in [3.63, 3.8) is 0 Å².